The smallest absolute Gasteiger partial charge is 0.112 e. The van der Waals surface area contributed by atoms with Gasteiger partial charge in [0.1, 0.15) is 12.2 Å². The third-order valence-corrected chi connectivity index (χ3v) is 19.3. The van der Waals surface area contributed by atoms with Crippen LogP contribution in [-0.4, -0.2) is 34.5 Å². The Balaban J connectivity index is 1.46. The lowest BCUT2D eigenvalue weighted by Crippen LogP contribution is -2.23. The van der Waals surface area contributed by atoms with Gasteiger partial charge in [0, 0.05) is 0 Å². The summed E-state index contributed by atoms with van der Waals surface area (Å²) in [7, 11) is 0. The van der Waals surface area contributed by atoms with E-state index >= 15 is 0 Å². The van der Waals surface area contributed by atoms with Crippen molar-refractivity contribution in [3.63, 3.8) is 0 Å². The lowest BCUT2D eigenvalue weighted by atomic mass is 9.95. The fourth-order valence-corrected chi connectivity index (χ4v) is 18.4. The molecule has 180 valence electrons. The first-order valence-corrected chi connectivity index (χ1v) is 19.1. The normalized spacial score (nSPS) is 25.3. The van der Waals surface area contributed by atoms with Crippen LogP contribution in [0.25, 0.3) is 32.3 Å². The molecule has 3 aliphatic carbocycles. The minimum absolute atomic E-state index is 0.0839. The van der Waals surface area contributed by atoms with E-state index in [0.29, 0.717) is 0 Å². The van der Waals surface area contributed by atoms with Crippen molar-refractivity contribution in [2.45, 2.75) is 31.5 Å². The predicted molar refractivity (Wildman–Crippen MR) is 170 cm³/mol. The standard InChI is InChI=1S/C30H24S6/c1-10-31-28(32-11-1)16-4-6-18-24-22(16)23-17(28)5-7-19-25(23)27-21(30(19)35-14-3-15-36-30)9-8-20(26(24)27)29(18)33-12-2-13-34-29/h4-9H,1-3,10-15H2. The van der Waals surface area contributed by atoms with Crippen LogP contribution in [0.3, 0.4) is 0 Å². The first-order valence-electron chi connectivity index (χ1n) is 13.2. The van der Waals surface area contributed by atoms with Crippen molar-refractivity contribution in [1.29, 1.82) is 0 Å². The maximum atomic E-state index is 2.58. The molecule has 0 radical (unpaired) electrons. The fourth-order valence-electron chi connectivity index (χ4n) is 7.98. The van der Waals surface area contributed by atoms with Crippen molar-refractivity contribution in [2.24, 2.45) is 0 Å². The number of benzene rings is 4. The Morgan fingerprint density at radius 1 is 0.333 bits per heavy atom. The van der Waals surface area contributed by atoms with Crippen molar-refractivity contribution >= 4 is 103 Å². The number of hydrogen-bond donors (Lipinski definition) is 0. The summed E-state index contributed by atoms with van der Waals surface area (Å²) in [5.74, 6) is 7.64. The van der Waals surface area contributed by atoms with E-state index in [1.165, 1.54) is 53.8 Å². The van der Waals surface area contributed by atoms with E-state index in [1.807, 2.05) is 0 Å². The molecule has 4 aromatic carbocycles. The van der Waals surface area contributed by atoms with Gasteiger partial charge in [-0.05, 0) is 119 Å². The predicted octanol–water partition coefficient (Wildman–Crippen LogP) is 9.30. The maximum Gasteiger partial charge on any atom is 0.112 e. The largest absolute Gasteiger partial charge is 0.135 e. The Morgan fingerprint density at radius 2 is 0.528 bits per heavy atom. The molecule has 0 N–H and O–H groups in total. The van der Waals surface area contributed by atoms with Gasteiger partial charge in [-0.25, -0.2) is 0 Å². The van der Waals surface area contributed by atoms with E-state index in [-0.39, 0.29) is 12.2 Å². The summed E-state index contributed by atoms with van der Waals surface area (Å²) in [6.07, 6.45) is 4.00. The summed E-state index contributed by atoms with van der Waals surface area (Å²) in [4.78, 5) is 0. The molecule has 0 unspecified atom stereocenters. The summed E-state index contributed by atoms with van der Waals surface area (Å²) >= 11 is 13.3. The van der Waals surface area contributed by atoms with Crippen LogP contribution in [0.5, 0.6) is 0 Å². The van der Waals surface area contributed by atoms with Gasteiger partial charge in [-0.1, -0.05) is 36.4 Å². The average Bonchev–Trinajstić information content (AvgIpc) is 3.47. The van der Waals surface area contributed by atoms with Gasteiger partial charge in [0.2, 0.25) is 0 Å². The Hall–Kier alpha value is -0.240. The SMILES string of the molecule is c1cc2c3c4c1C1(SCCCS1)c1ccc5c(c14)c1c(ccc(c31)C21SCCCS1)C51SCCCS1. The van der Waals surface area contributed by atoms with Crippen molar-refractivity contribution < 1.29 is 0 Å². The molecule has 0 amide bonds. The van der Waals surface area contributed by atoms with E-state index in [1.54, 1.807) is 65.7 Å². The minimum Gasteiger partial charge on any atom is -0.135 e. The summed E-state index contributed by atoms with van der Waals surface area (Å²) in [6, 6.07) is 15.5. The number of fused-ring (bicyclic) bond motifs is 6. The number of hydrogen-bond acceptors (Lipinski definition) is 6. The molecule has 3 aliphatic heterocycles. The first kappa shape index (κ1) is 21.6. The highest BCUT2D eigenvalue weighted by atomic mass is 32.2. The summed E-state index contributed by atoms with van der Waals surface area (Å²) in [5, 5.41) is 9.83. The maximum absolute atomic E-state index is 2.58. The zero-order valence-electron chi connectivity index (χ0n) is 19.8. The number of rotatable bonds is 0. The van der Waals surface area contributed by atoms with E-state index in [2.05, 4.69) is 107 Å². The molecule has 0 nitrogen and oxygen atoms in total. The number of thioether (sulfide) groups is 6. The van der Waals surface area contributed by atoms with Gasteiger partial charge in [-0.2, -0.15) is 0 Å². The van der Waals surface area contributed by atoms with E-state index < -0.39 is 0 Å². The molecular formula is C30H24S6. The van der Waals surface area contributed by atoms with Gasteiger partial charge >= 0.3 is 0 Å². The monoisotopic (exact) mass is 576 g/mol. The molecule has 6 aliphatic rings. The summed E-state index contributed by atoms with van der Waals surface area (Å²) in [5.41, 5.74) is 9.72. The van der Waals surface area contributed by atoms with Crippen molar-refractivity contribution in [2.75, 3.05) is 34.5 Å². The second kappa shape index (κ2) is 7.09. The average molecular weight is 577 g/mol. The van der Waals surface area contributed by atoms with Crippen molar-refractivity contribution in [1.82, 2.24) is 0 Å². The van der Waals surface area contributed by atoms with E-state index in [4.69, 9.17) is 0 Å². The topological polar surface area (TPSA) is 0 Å². The third-order valence-electron chi connectivity index (χ3n) is 9.19. The van der Waals surface area contributed by atoms with Crippen LogP contribution in [0.2, 0.25) is 0 Å². The van der Waals surface area contributed by atoms with Gasteiger partial charge in [0.05, 0.1) is 0 Å². The van der Waals surface area contributed by atoms with Gasteiger partial charge in [-0.3, -0.25) is 0 Å². The van der Waals surface area contributed by atoms with Gasteiger partial charge in [0.25, 0.3) is 0 Å². The van der Waals surface area contributed by atoms with Crippen LogP contribution < -0.4 is 0 Å². The highest BCUT2D eigenvalue weighted by molar-refractivity contribution is 8.19. The Bertz CT molecular complexity index is 1350. The zero-order valence-corrected chi connectivity index (χ0v) is 24.7. The van der Waals surface area contributed by atoms with Gasteiger partial charge in [-0.15, -0.1) is 70.6 Å². The highest BCUT2D eigenvalue weighted by Gasteiger charge is 2.54. The lowest BCUT2D eigenvalue weighted by molar-refractivity contribution is 1.02. The second-order valence-electron chi connectivity index (χ2n) is 10.7. The van der Waals surface area contributed by atoms with Gasteiger partial charge < -0.3 is 0 Å². The van der Waals surface area contributed by atoms with Crippen molar-refractivity contribution in [3.05, 3.63) is 69.8 Å². The minimum atomic E-state index is 0.0839. The van der Waals surface area contributed by atoms with Crippen molar-refractivity contribution in [3.8, 4) is 0 Å². The molecule has 3 heterocycles. The third kappa shape index (κ3) is 2.19. The Morgan fingerprint density at radius 3 is 0.722 bits per heavy atom. The molecule has 3 spiro atoms. The molecule has 3 fully saturated rings. The van der Waals surface area contributed by atoms with E-state index in [9.17, 15) is 0 Å². The first-order chi connectivity index (χ1) is 17.8. The second-order valence-corrected chi connectivity index (χ2v) is 19.4. The molecule has 4 aromatic rings. The molecular weight excluding hydrogens is 553 g/mol. The Labute approximate surface area is 237 Å². The van der Waals surface area contributed by atoms with Crippen LogP contribution in [0.15, 0.2) is 36.4 Å². The summed E-state index contributed by atoms with van der Waals surface area (Å²) in [6.45, 7) is 0. The highest BCUT2D eigenvalue weighted by Crippen LogP contribution is 2.73. The van der Waals surface area contributed by atoms with Gasteiger partial charge in [0.15, 0.2) is 0 Å². The van der Waals surface area contributed by atoms with Crippen LogP contribution in [0.4, 0.5) is 0 Å². The lowest BCUT2D eigenvalue weighted by Gasteiger charge is -2.36. The Kier molecular flexibility index (Phi) is 4.25. The fraction of sp³-hybridized carbons (Fsp3) is 0.400. The van der Waals surface area contributed by atoms with Crippen LogP contribution in [-0.2, 0) is 12.2 Å². The van der Waals surface area contributed by atoms with E-state index in [0.717, 1.165) is 0 Å². The molecule has 3 saturated heterocycles. The zero-order chi connectivity index (χ0) is 23.3. The molecule has 36 heavy (non-hydrogen) atoms. The molecule has 0 saturated carbocycles. The molecule has 0 aromatic heterocycles. The van der Waals surface area contributed by atoms with Crippen LogP contribution in [0, 0.1) is 0 Å². The van der Waals surface area contributed by atoms with Crippen LogP contribution in [0.1, 0.15) is 52.6 Å². The molecule has 10 rings (SSSR count). The summed E-state index contributed by atoms with van der Waals surface area (Å²) < 4.78 is 0.252. The van der Waals surface area contributed by atoms with Crippen LogP contribution >= 0.6 is 70.6 Å². The molecule has 0 atom stereocenters. The quantitative estimate of drug-likeness (QED) is 0.190. The molecule has 6 heteroatoms. The molecule has 0 bridgehead atoms.